The van der Waals surface area contributed by atoms with Crippen LogP contribution in [-0.2, 0) is 10.0 Å². The first-order chi connectivity index (χ1) is 12.1. The standard InChI is InChI=1S/C19H19ClN2O2S/c20-15-10-12-16(13-11-15)25(23,24)22-18-9-5-4-8-17(18)21-19(22)14-6-2-1-3-7-14/h4-5,8-14H,1-3,6-7H2. The Hall–Kier alpha value is -1.85. The average molecular weight is 375 g/mol. The number of imidazole rings is 1. The highest BCUT2D eigenvalue weighted by atomic mass is 35.5. The number of nitrogens with zero attached hydrogens (tertiary/aromatic N) is 2. The fourth-order valence-electron chi connectivity index (χ4n) is 3.61. The SMILES string of the molecule is O=S(=O)(c1ccc(Cl)cc1)n1c(C2CCCCC2)nc2ccccc21. The molecule has 4 nitrogen and oxygen atoms in total. The van der Waals surface area contributed by atoms with Gasteiger partial charge in [0.15, 0.2) is 0 Å². The van der Waals surface area contributed by atoms with Crippen LogP contribution < -0.4 is 0 Å². The average Bonchev–Trinajstić information content (AvgIpc) is 3.03. The van der Waals surface area contributed by atoms with Gasteiger partial charge in [-0.1, -0.05) is 43.0 Å². The Morgan fingerprint density at radius 2 is 1.64 bits per heavy atom. The summed E-state index contributed by atoms with van der Waals surface area (Å²) in [6, 6.07) is 13.7. The summed E-state index contributed by atoms with van der Waals surface area (Å²) < 4.78 is 28.2. The molecule has 1 aliphatic rings. The van der Waals surface area contributed by atoms with Crippen LogP contribution in [0.15, 0.2) is 53.4 Å². The first kappa shape index (κ1) is 16.6. The summed E-state index contributed by atoms with van der Waals surface area (Å²) in [5, 5.41) is 0.516. The zero-order chi connectivity index (χ0) is 17.4. The number of rotatable bonds is 3. The zero-order valence-electron chi connectivity index (χ0n) is 13.7. The Labute approximate surface area is 152 Å². The summed E-state index contributed by atoms with van der Waals surface area (Å²) in [6.07, 6.45) is 5.42. The molecule has 0 radical (unpaired) electrons. The van der Waals surface area contributed by atoms with Crippen molar-refractivity contribution in [1.29, 1.82) is 0 Å². The molecule has 130 valence electrons. The Balaban J connectivity index is 1.94. The molecule has 6 heteroatoms. The predicted molar refractivity (Wildman–Crippen MR) is 99.6 cm³/mol. The van der Waals surface area contributed by atoms with Gasteiger partial charge in [-0.05, 0) is 49.2 Å². The predicted octanol–water partition coefficient (Wildman–Crippen LogP) is 4.97. The Morgan fingerprint density at radius 1 is 0.960 bits per heavy atom. The van der Waals surface area contributed by atoms with Crippen LogP contribution in [0.3, 0.4) is 0 Å². The monoisotopic (exact) mass is 374 g/mol. The maximum absolute atomic E-state index is 13.4. The lowest BCUT2D eigenvalue weighted by molar-refractivity contribution is 0.427. The molecule has 0 aliphatic heterocycles. The number of halogens is 1. The van der Waals surface area contributed by atoms with Gasteiger partial charge in [-0.2, -0.15) is 0 Å². The van der Waals surface area contributed by atoms with Crippen molar-refractivity contribution in [2.24, 2.45) is 0 Å². The van der Waals surface area contributed by atoms with Gasteiger partial charge in [0.25, 0.3) is 10.0 Å². The molecular weight excluding hydrogens is 356 g/mol. The van der Waals surface area contributed by atoms with E-state index in [4.69, 9.17) is 16.6 Å². The zero-order valence-corrected chi connectivity index (χ0v) is 15.3. The number of hydrogen-bond acceptors (Lipinski definition) is 3. The third kappa shape index (κ3) is 2.96. The number of hydrogen-bond donors (Lipinski definition) is 0. The Kier molecular flexibility index (Phi) is 4.29. The second-order valence-electron chi connectivity index (χ2n) is 6.52. The van der Waals surface area contributed by atoms with Gasteiger partial charge in [-0.25, -0.2) is 17.4 Å². The molecule has 1 heterocycles. The van der Waals surface area contributed by atoms with E-state index in [1.165, 1.54) is 10.4 Å². The van der Waals surface area contributed by atoms with Gasteiger partial charge in [-0.3, -0.25) is 0 Å². The first-order valence-electron chi connectivity index (χ1n) is 8.56. The van der Waals surface area contributed by atoms with Crippen molar-refractivity contribution in [2.45, 2.75) is 42.9 Å². The van der Waals surface area contributed by atoms with E-state index >= 15 is 0 Å². The second kappa shape index (κ2) is 6.46. The van der Waals surface area contributed by atoms with Crippen LogP contribution >= 0.6 is 11.6 Å². The summed E-state index contributed by atoms with van der Waals surface area (Å²) in [5.41, 5.74) is 1.36. The number of fused-ring (bicyclic) bond motifs is 1. The molecular formula is C19H19ClN2O2S. The van der Waals surface area contributed by atoms with Gasteiger partial charge in [0.1, 0.15) is 5.82 Å². The summed E-state index contributed by atoms with van der Waals surface area (Å²) in [4.78, 5) is 4.94. The van der Waals surface area contributed by atoms with Gasteiger partial charge >= 0.3 is 0 Å². The molecule has 25 heavy (non-hydrogen) atoms. The van der Waals surface area contributed by atoms with Gasteiger partial charge in [0.2, 0.25) is 0 Å². The maximum atomic E-state index is 13.4. The molecule has 1 aromatic heterocycles. The lowest BCUT2D eigenvalue weighted by Gasteiger charge is -2.22. The number of benzene rings is 2. The Bertz CT molecular complexity index is 1000. The molecule has 0 amide bonds. The molecule has 1 saturated carbocycles. The quantitative estimate of drug-likeness (QED) is 0.650. The molecule has 0 bridgehead atoms. The van der Waals surface area contributed by atoms with Crippen molar-refractivity contribution in [3.63, 3.8) is 0 Å². The van der Waals surface area contributed by atoms with Crippen molar-refractivity contribution in [2.75, 3.05) is 0 Å². The molecule has 4 rings (SSSR count). The summed E-state index contributed by atoms with van der Waals surface area (Å²) in [7, 11) is -3.72. The molecule has 0 atom stereocenters. The largest absolute Gasteiger partial charge is 0.269 e. The lowest BCUT2D eigenvalue weighted by atomic mass is 9.89. The van der Waals surface area contributed by atoms with E-state index in [-0.39, 0.29) is 10.8 Å². The minimum atomic E-state index is -3.72. The van der Waals surface area contributed by atoms with Crippen molar-refractivity contribution < 1.29 is 8.42 Å². The molecule has 0 unspecified atom stereocenters. The fraction of sp³-hybridized carbons (Fsp3) is 0.316. The van der Waals surface area contributed by atoms with E-state index in [0.717, 1.165) is 31.2 Å². The van der Waals surface area contributed by atoms with Crippen LogP contribution in [0.4, 0.5) is 0 Å². The van der Waals surface area contributed by atoms with Gasteiger partial charge < -0.3 is 0 Å². The van der Waals surface area contributed by atoms with Crippen LogP contribution in [0.2, 0.25) is 5.02 Å². The van der Waals surface area contributed by atoms with Crippen molar-refractivity contribution in [3.8, 4) is 0 Å². The summed E-state index contributed by atoms with van der Waals surface area (Å²) in [6.45, 7) is 0. The molecule has 1 fully saturated rings. The third-order valence-electron chi connectivity index (χ3n) is 4.87. The minimum absolute atomic E-state index is 0.184. The molecule has 0 spiro atoms. The van der Waals surface area contributed by atoms with E-state index in [2.05, 4.69) is 0 Å². The Morgan fingerprint density at radius 3 is 2.36 bits per heavy atom. The summed E-state index contributed by atoms with van der Waals surface area (Å²) in [5.74, 6) is 0.846. The molecule has 1 aliphatic carbocycles. The van der Waals surface area contributed by atoms with Crippen LogP contribution in [-0.4, -0.2) is 17.4 Å². The van der Waals surface area contributed by atoms with E-state index in [9.17, 15) is 8.42 Å². The fourth-order valence-corrected chi connectivity index (χ4v) is 5.27. The summed E-state index contributed by atoms with van der Waals surface area (Å²) >= 11 is 5.92. The number of para-hydroxylation sites is 2. The van der Waals surface area contributed by atoms with Crippen molar-refractivity contribution in [1.82, 2.24) is 8.96 Å². The van der Waals surface area contributed by atoms with Crippen molar-refractivity contribution in [3.05, 3.63) is 59.4 Å². The van der Waals surface area contributed by atoms with E-state index in [0.29, 0.717) is 16.4 Å². The smallest absolute Gasteiger partial charge is 0.232 e. The lowest BCUT2D eigenvalue weighted by Crippen LogP contribution is -2.19. The topological polar surface area (TPSA) is 52.0 Å². The number of aromatic nitrogens is 2. The van der Waals surface area contributed by atoms with E-state index in [1.54, 1.807) is 24.3 Å². The van der Waals surface area contributed by atoms with Crippen LogP contribution in [0, 0.1) is 0 Å². The van der Waals surface area contributed by atoms with E-state index in [1.807, 2.05) is 24.3 Å². The van der Waals surface area contributed by atoms with Crippen molar-refractivity contribution >= 4 is 32.7 Å². The first-order valence-corrected chi connectivity index (χ1v) is 10.4. The van der Waals surface area contributed by atoms with Crippen LogP contribution in [0.5, 0.6) is 0 Å². The molecule has 2 aromatic carbocycles. The second-order valence-corrected chi connectivity index (χ2v) is 8.74. The van der Waals surface area contributed by atoms with Gasteiger partial charge in [0.05, 0.1) is 15.9 Å². The van der Waals surface area contributed by atoms with Crippen LogP contribution in [0.25, 0.3) is 11.0 Å². The third-order valence-corrected chi connectivity index (χ3v) is 6.85. The highest BCUT2D eigenvalue weighted by molar-refractivity contribution is 7.90. The minimum Gasteiger partial charge on any atom is -0.232 e. The highest BCUT2D eigenvalue weighted by Gasteiger charge is 2.29. The molecule has 0 N–H and O–H groups in total. The maximum Gasteiger partial charge on any atom is 0.269 e. The van der Waals surface area contributed by atoms with E-state index < -0.39 is 10.0 Å². The molecule has 0 saturated heterocycles. The normalized spacial score (nSPS) is 16.4. The van der Waals surface area contributed by atoms with Crippen LogP contribution in [0.1, 0.15) is 43.8 Å². The highest BCUT2D eigenvalue weighted by Crippen LogP contribution is 2.35. The molecule has 3 aromatic rings. The van der Waals surface area contributed by atoms with Gasteiger partial charge in [-0.15, -0.1) is 0 Å². The van der Waals surface area contributed by atoms with Gasteiger partial charge in [0, 0.05) is 10.9 Å².